The van der Waals surface area contributed by atoms with Crippen LogP contribution in [0.3, 0.4) is 0 Å². The topological polar surface area (TPSA) is 99.4 Å². The number of phenols is 1. The molecule has 1 aromatic carbocycles. The van der Waals surface area contributed by atoms with Crippen LogP contribution in [0.15, 0.2) is 42.7 Å². The van der Waals surface area contributed by atoms with Gasteiger partial charge in [-0.15, -0.1) is 0 Å². The van der Waals surface area contributed by atoms with Crippen molar-refractivity contribution in [2.24, 2.45) is 5.41 Å². The van der Waals surface area contributed by atoms with E-state index in [1.165, 1.54) is 12.1 Å². The highest BCUT2D eigenvalue weighted by molar-refractivity contribution is 5.73. The number of amides is 2. The van der Waals surface area contributed by atoms with Gasteiger partial charge in [0.15, 0.2) is 0 Å². The van der Waals surface area contributed by atoms with Gasteiger partial charge in [0.25, 0.3) is 0 Å². The van der Waals surface area contributed by atoms with Crippen molar-refractivity contribution in [1.29, 1.82) is 0 Å². The normalized spacial score (nSPS) is 16.4. The van der Waals surface area contributed by atoms with Crippen molar-refractivity contribution in [3.8, 4) is 5.75 Å². The Bertz CT molecular complexity index is 683. The molecule has 2 aromatic rings. The Kier molecular flexibility index (Phi) is 4.71. The van der Waals surface area contributed by atoms with Gasteiger partial charge in [0, 0.05) is 37.4 Å². The summed E-state index contributed by atoms with van der Waals surface area (Å²) in [5, 5.41) is 29.2. The highest BCUT2D eigenvalue weighted by Crippen LogP contribution is 2.46. The van der Waals surface area contributed by atoms with Gasteiger partial charge in [0.05, 0.1) is 6.10 Å². The molecule has 2 amide bonds. The maximum absolute atomic E-state index is 11.9. The quantitative estimate of drug-likeness (QED) is 0.617. The molecule has 0 spiro atoms. The lowest BCUT2D eigenvalue weighted by molar-refractivity contribution is 0.172. The van der Waals surface area contributed by atoms with E-state index in [0.717, 1.165) is 19.4 Å². The van der Waals surface area contributed by atoms with E-state index >= 15 is 0 Å². The van der Waals surface area contributed by atoms with Crippen LogP contribution >= 0.6 is 0 Å². The van der Waals surface area contributed by atoms with Crippen LogP contribution in [-0.2, 0) is 6.54 Å². The summed E-state index contributed by atoms with van der Waals surface area (Å²) >= 11 is 0. The molecule has 0 saturated heterocycles. The zero-order valence-electron chi connectivity index (χ0n) is 13.4. The van der Waals surface area contributed by atoms with Crippen molar-refractivity contribution in [2.75, 3.05) is 13.1 Å². The molecule has 3 rings (SSSR count). The Morgan fingerprint density at radius 1 is 1.33 bits per heavy atom. The van der Waals surface area contributed by atoms with Crippen LogP contribution in [0.1, 0.15) is 24.5 Å². The third-order valence-corrected chi connectivity index (χ3v) is 4.35. The van der Waals surface area contributed by atoms with Crippen LogP contribution in [0.25, 0.3) is 0 Å². The van der Waals surface area contributed by atoms with Gasteiger partial charge >= 0.3 is 6.03 Å². The number of phenolic OH excluding ortho intramolecular Hbond substituents is 1. The van der Waals surface area contributed by atoms with Crippen LogP contribution in [0.5, 0.6) is 5.75 Å². The highest BCUT2D eigenvalue weighted by atomic mass is 16.3. The van der Waals surface area contributed by atoms with E-state index in [-0.39, 0.29) is 23.7 Å². The molecule has 1 fully saturated rings. The van der Waals surface area contributed by atoms with Crippen LogP contribution in [0, 0.1) is 5.41 Å². The predicted molar refractivity (Wildman–Crippen MR) is 88.4 cm³/mol. The van der Waals surface area contributed by atoms with Crippen molar-refractivity contribution in [1.82, 2.24) is 20.4 Å². The predicted octanol–water partition coefficient (Wildman–Crippen LogP) is 1.40. The fraction of sp³-hybridized carbons (Fsp3) is 0.412. The molecule has 1 atom stereocenters. The SMILES string of the molecule is O=C(NCC(O)c1cccc(O)c1)NCC1(Cn2cccn2)CC1. The number of aromatic hydroxyl groups is 1. The number of aliphatic hydroxyl groups excluding tert-OH is 1. The lowest BCUT2D eigenvalue weighted by Crippen LogP contribution is -2.41. The average molecular weight is 330 g/mol. The average Bonchev–Trinajstić information content (AvgIpc) is 3.14. The lowest BCUT2D eigenvalue weighted by Gasteiger charge is -2.17. The first-order valence-electron chi connectivity index (χ1n) is 8.02. The number of benzene rings is 1. The molecule has 24 heavy (non-hydrogen) atoms. The van der Waals surface area contributed by atoms with Gasteiger partial charge < -0.3 is 20.8 Å². The summed E-state index contributed by atoms with van der Waals surface area (Å²) in [5.74, 6) is 0.0882. The molecule has 1 unspecified atom stereocenters. The molecule has 4 N–H and O–H groups in total. The Hall–Kier alpha value is -2.54. The number of hydrogen-bond donors (Lipinski definition) is 4. The molecular weight excluding hydrogens is 308 g/mol. The molecule has 1 saturated carbocycles. The summed E-state index contributed by atoms with van der Waals surface area (Å²) < 4.78 is 1.89. The summed E-state index contributed by atoms with van der Waals surface area (Å²) in [5.41, 5.74) is 0.653. The zero-order chi connectivity index (χ0) is 17.0. The van der Waals surface area contributed by atoms with E-state index < -0.39 is 6.10 Å². The number of aliphatic hydroxyl groups is 1. The van der Waals surface area contributed by atoms with Gasteiger partial charge in [0.2, 0.25) is 0 Å². The minimum Gasteiger partial charge on any atom is -0.508 e. The molecule has 1 aromatic heterocycles. The van der Waals surface area contributed by atoms with Gasteiger partial charge in [-0.2, -0.15) is 5.10 Å². The van der Waals surface area contributed by atoms with Gasteiger partial charge in [-0.3, -0.25) is 4.68 Å². The van der Waals surface area contributed by atoms with Gasteiger partial charge in [0.1, 0.15) is 5.75 Å². The minimum absolute atomic E-state index is 0.0848. The number of nitrogens with one attached hydrogen (secondary N) is 2. The highest BCUT2D eigenvalue weighted by Gasteiger charge is 2.43. The second-order valence-electron chi connectivity index (χ2n) is 6.38. The number of rotatable bonds is 7. The van der Waals surface area contributed by atoms with E-state index in [2.05, 4.69) is 15.7 Å². The van der Waals surface area contributed by atoms with Gasteiger partial charge in [-0.1, -0.05) is 12.1 Å². The Morgan fingerprint density at radius 3 is 2.83 bits per heavy atom. The molecule has 7 heteroatoms. The van der Waals surface area contributed by atoms with Gasteiger partial charge in [-0.25, -0.2) is 4.79 Å². The number of carbonyl (C=O) groups excluding carboxylic acids is 1. The maximum Gasteiger partial charge on any atom is 0.314 e. The smallest absolute Gasteiger partial charge is 0.314 e. The number of aromatic nitrogens is 2. The van der Waals surface area contributed by atoms with E-state index in [9.17, 15) is 15.0 Å². The summed E-state index contributed by atoms with van der Waals surface area (Å²) in [6.45, 7) is 1.47. The van der Waals surface area contributed by atoms with Crippen molar-refractivity contribution >= 4 is 6.03 Å². The Morgan fingerprint density at radius 2 is 2.17 bits per heavy atom. The Balaban J connectivity index is 1.41. The summed E-state index contributed by atoms with van der Waals surface area (Å²) in [4.78, 5) is 11.9. The summed E-state index contributed by atoms with van der Waals surface area (Å²) in [7, 11) is 0. The first-order chi connectivity index (χ1) is 11.6. The van der Waals surface area contributed by atoms with Crippen LogP contribution < -0.4 is 10.6 Å². The van der Waals surface area contributed by atoms with E-state index in [0.29, 0.717) is 12.1 Å². The molecule has 128 valence electrons. The molecule has 0 aliphatic heterocycles. The largest absolute Gasteiger partial charge is 0.508 e. The third-order valence-electron chi connectivity index (χ3n) is 4.35. The standard InChI is InChI=1S/C17H22N4O3/c22-14-4-1-3-13(9-14)15(23)10-18-16(24)19-11-17(5-6-17)12-21-8-2-7-20-21/h1-4,7-9,15,22-23H,5-6,10-12H2,(H2,18,19,24). The van der Waals surface area contributed by atoms with E-state index in [4.69, 9.17) is 0 Å². The number of urea groups is 1. The minimum atomic E-state index is -0.859. The first kappa shape index (κ1) is 16.3. The molecule has 0 bridgehead atoms. The zero-order valence-corrected chi connectivity index (χ0v) is 13.4. The molecule has 0 radical (unpaired) electrons. The van der Waals surface area contributed by atoms with Crippen LogP contribution in [0.2, 0.25) is 0 Å². The fourth-order valence-corrected chi connectivity index (χ4v) is 2.67. The molecule has 1 aliphatic rings. The monoisotopic (exact) mass is 330 g/mol. The Labute approximate surface area is 140 Å². The third kappa shape index (κ3) is 4.26. The first-order valence-corrected chi connectivity index (χ1v) is 8.02. The number of carbonyl (C=O) groups is 1. The van der Waals surface area contributed by atoms with Crippen molar-refractivity contribution in [2.45, 2.75) is 25.5 Å². The van der Waals surface area contributed by atoms with Crippen molar-refractivity contribution < 1.29 is 15.0 Å². The second kappa shape index (κ2) is 6.92. The maximum atomic E-state index is 11.9. The van der Waals surface area contributed by atoms with Gasteiger partial charge in [-0.05, 0) is 36.6 Å². The summed E-state index contributed by atoms with van der Waals surface area (Å²) in [6, 6.07) is 7.95. The lowest BCUT2D eigenvalue weighted by atomic mass is 10.1. The van der Waals surface area contributed by atoms with E-state index in [1.54, 1.807) is 18.3 Å². The van der Waals surface area contributed by atoms with Crippen molar-refractivity contribution in [3.05, 3.63) is 48.3 Å². The fourth-order valence-electron chi connectivity index (χ4n) is 2.67. The summed E-state index contributed by atoms with van der Waals surface area (Å²) in [6.07, 6.45) is 4.95. The molecule has 1 heterocycles. The number of nitrogens with zero attached hydrogens (tertiary/aromatic N) is 2. The van der Waals surface area contributed by atoms with Crippen LogP contribution in [-0.4, -0.2) is 39.1 Å². The van der Waals surface area contributed by atoms with Crippen LogP contribution in [0.4, 0.5) is 4.79 Å². The molecule has 7 nitrogen and oxygen atoms in total. The molecular formula is C17H22N4O3. The molecule has 1 aliphatic carbocycles. The second-order valence-corrected chi connectivity index (χ2v) is 6.38. The number of hydrogen-bond acceptors (Lipinski definition) is 4. The van der Waals surface area contributed by atoms with Crippen molar-refractivity contribution in [3.63, 3.8) is 0 Å². The van der Waals surface area contributed by atoms with E-state index in [1.807, 2.05) is 16.9 Å².